The SMILES string of the molecule is CCOc1ccc(-c2noc(CN3CCC(CCN4CCOCC4)CC3)n2)cc1. The number of likely N-dealkylation sites (tertiary alicyclic amines) is 1. The first kappa shape index (κ1) is 20.3. The van der Waals surface area contributed by atoms with Crippen molar-refractivity contribution in [3.8, 4) is 17.1 Å². The summed E-state index contributed by atoms with van der Waals surface area (Å²) in [5.74, 6) is 3.02. The molecule has 7 nitrogen and oxygen atoms in total. The van der Waals surface area contributed by atoms with Crippen molar-refractivity contribution >= 4 is 0 Å². The molecule has 2 aliphatic heterocycles. The van der Waals surface area contributed by atoms with Gasteiger partial charge in [-0.3, -0.25) is 9.80 Å². The fourth-order valence-electron chi connectivity index (χ4n) is 4.12. The van der Waals surface area contributed by atoms with Crippen LogP contribution in [0, 0.1) is 5.92 Å². The third-order valence-electron chi connectivity index (χ3n) is 5.91. The van der Waals surface area contributed by atoms with Gasteiger partial charge in [0, 0.05) is 18.7 Å². The highest BCUT2D eigenvalue weighted by atomic mass is 16.5. The van der Waals surface area contributed by atoms with Gasteiger partial charge in [-0.05, 0) is 76.0 Å². The number of piperidine rings is 1. The van der Waals surface area contributed by atoms with Crippen molar-refractivity contribution in [1.29, 1.82) is 0 Å². The Bertz CT molecular complexity index is 735. The summed E-state index contributed by atoms with van der Waals surface area (Å²) in [5, 5.41) is 4.15. The average Bonchev–Trinajstić information content (AvgIpc) is 3.23. The number of hydrogen-bond acceptors (Lipinski definition) is 7. The van der Waals surface area contributed by atoms with E-state index in [0.717, 1.165) is 63.2 Å². The van der Waals surface area contributed by atoms with Crippen LogP contribution in [0.5, 0.6) is 5.75 Å². The molecule has 0 N–H and O–H groups in total. The van der Waals surface area contributed by atoms with Crippen LogP contribution in [0.2, 0.25) is 0 Å². The second kappa shape index (κ2) is 10.2. The summed E-state index contributed by atoms with van der Waals surface area (Å²) in [7, 11) is 0. The lowest BCUT2D eigenvalue weighted by atomic mass is 9.93. The fraction of sp³-hybridized carbons (Fsp3) is 0.636. The Labute approximate surface area is 173 Å². The van der Waals surface area contributed by atoms with Crippen LogP contribution in [0.25, 0.3) is 11.4 Å². The standard InChI is InChI=1S/C22H32N4O3/c1-2-28-20-5-3-19(4-6-20)22-23-21(29-24-22)17-26-11-8-18(9-12-26)7-10-25-13-15-27-16-14-25/h3-6,18H,2,7-17H2,1H3. The minimum absolute atomic E-state index is 0.642. The van der Waals surface area contributed by atoms with E-state index in [1.54, 1.807) is 0 Å². The van der Waals surface area contributed by atoms with E-state index < -0.39 is 0 Å². The highest BCUT2D eigenvalue weighted by Gasteiger charge is 2.22. The van der Waals surface area contributed by atoms with Gasteiger partial charge >= 0.3 is 0 Å². The Hall–Kier alpha value is -1.96. The van der Waals surface area contributed by atoms with Gasteiger partial charge in [-0.2, -0.15) is 4.98 Å². The molecule has 4 rings (SSSR count). The first-order valence-corrected chi connectivity index (χ1v) is 10.9. The molecule has 0 amide bonds. The molecule has 0 unspecified atom stereocenters. The van der Waals surface area contributed by atoms with Crippen LogP contribution in [-0.4, -0.2) is 72.5 Å². The number of benzene rings is 1. The predicted octanol–water partition coefficient (Wildman–Crippen LogP) is 3.07. The molecule has 0 radical (unpaired) electrons. The topological polar surface area (TPSA) is 63.9 Å². The second-order valence-electron chi connectivity index (χ2n) is 7.93. The molecule has 2 saturated heterocycles. The smallest absolute Gasteiger partial charge is 0.241 e. The molecule has 2 aliphatic rings. The van der Waals surface area contributed by atoms with E-state index in [-0.39, 0.29) is 0 Å². The van der Waals surface area contributed by atoms with Crippen LogP contribution in [-0.2, 0) is 11.3 Å². The first-order valence-electron chi connectivity index (χ1n) is 10.9. The second-order valence-corrected chi connectivity index (χ2v) is 7.93. The zero-order valence-corrected chi connectivity index (χ0v) is 17.4. The third-order valence-corrected chi connectivity index (χ3v) is 5.91. The van der Waals surface area contributed by atoms with E-state index in [2.05, 4.69) is 19.9 Å². The normalized spacial score (nSPS) is 19.5. The van der Waals surface area contributed by atoms with Crippen molar-refractivity contribution in [2.24, 2.45) is 5.92 Å². The Morgan fingerprint density at radius 3 is 2.52 bits per heavy atom. The van der Waals surface area contributed by atoms with E-state index >= 15 is 0 Å². The molecule has 158 valence electrons. The summed E-state index contributed by atoms with van der Waals surface area (Å²) >= 11 is 0. The maximum Gasteiger partial charge on any atom is 0.241 e. The average molecular weight is 401 g/mol. The Morgan fingerprint density at radius 2 is 1.79 bits per heavy atom. The van der Waals surface area contributed by atoms with Crippen LogP contribution in [0.15, 0.2) is 28.8 Å². The maximum atomic E-state index is 5.50. The van der Waals surface area contributed by atoms with Crippen molar-refractivity contribution in [3.63, 3.8) is 0 Å². The molecule has 1 aromatic carbocycles. The lowest BCUT2D eigenvalue weighted by Crippen LogP contribution is -2.39. The zero-order valence-electron chi connectivity index (χ0n) is 17.4. The van der Waals surface area contributed by atoms with E-state index in [0.29, 0.717) is 18.3 Å². The number of aromatic nitrogens is 2. The van der Waals surface area contributed by atoms with Gasteiger partial charge in [0.25, 0.3) is 0 Å². The van der Waals surface area contributed by atoms with Gasteiger partial charge in [-0.25, -0.2) is 0 Å². The number of hydrogen-bond donors (Lipinski definition) is 0. The van der Waals surface area contributed by atoms with Crippen LogP contribution in [0.4, 0.5) is 0 Å². The minimum atomic E-state index is 0.642. The van der Waals surface area contributed by atoms with Crippen molar-refractivity contribution in [2.45, 2.75) is 32.7 Å². The van der Waals surface area contributed by atoms with Crippen molar-refractivity contribution in [2.75, 3.05) is 52.5 Å². The summed E-state index contributed by atoms with van der Waals surface area (Å²) in [5.41, 5.74) is 0.949. The minimum Gasteiger partial charge on any atom is -0.494 e. The Morgan fingerprint density at radius 1 is 1.03 bits per heavy atom. The molecule has 29 heavy (non-hydrogen) atoms. The summed E-state index contributed by atoms with van der Waals surface area (Å²) in [6, 6.07) is 7.83. The molecule has 0 aliphatic carbocycles. The number of morpholine rings is 1. The monoisotopic (exact) mass is 400 g/mol. The molecular formula is C22H32N4O3. The first-order chi connectivity index (χ1) is 14.3. The van der Waals surface area contributed by atoms with Gasteiger partial charge in [-0.1, -0.05) is 5.16 Å². The Balaban J connectivity index is 1.21. The highest BCUT2D eigenvalue weighted by molar-refractivity contribution is 5.55. The van der Waals surface area contributed by atoms with Gasteiger partial charge < -0.3 is 14.0 Å². The molecule has 2 fully saturated rings. The quantitative estimate of drug-likeness (QED) is 0.675. The van der Waals surface area contributed by atoms with E-state index in [1.165, 1.54) is 25.8 Å². The van der Waals surface area contributed by atoms with Crippen LogP contribution >= 0.6 is 0 Å². The predicted molar refractivity (Wildman–Crippen MR) is 111 cm³/mol. The third kappa shape index (κ3) is 5.78. The van der Waals surface area contributed by atoms with E-state index in [4.69, 9.17) is 14.0 Å². The van der Waals surface area contributed by atoms with Gasteiger partial charge in [0.2, 0.25) is 11.7 Å². The summed E-state index contributed by atoms with van der Waals surface area (Å²) in [4.78, 5) is 9.56. The molecule has 0 bridgehead atoms. The van der Waals surface area contributed by atoms with Crippen LogP contribution in [0.1, 0.15) is 32.1 Å². The van der Waals surface area contributed by atoms with E-state index in [1.807, 2.05) is 31.2 Å². The summed E-state index contributed by atoms with van der Waals surface area (Å²) in [6.45, 7) is 10.8. The van der Waals surface area contributed by atoms with Gasteiger partial charge in [0.1, 0.15) is 5.75 Å². The molecular weight excluding hydrogens is 368 g/mol. The number of ether oxygens (including phenoxy) is 2. The lowest BCUT2D eigenvalue weighted by molar-refractivity contribution is 0.0333. The van der Waals surface area contributed by atoms with Crippen molar-refractivity contribution in [1.82, 2.24) is 19.9 Å². The molecule has 0 spiro atoms. The highest BCUT2D eigenvalue weighted by Crippen LogP contribution is 2.24. The molecule has 0 atom stereocenters. The fourth-order valence-corrected chi connectivity index (χ4v) is 4.12. The van der Waals surface area contributed by atoms with Gasteiger partial charge in [-0.15, -0.1) is 0 Å². The van der Waals surface area contributed by atoms with Crippen LogP contribution < -0.4 is 4.74 Å². The number of nitrogens with zero attached hydrogens (tertiary/aromatic N) is 4. The van der Waals surface area contributed by atoms with E-state index in [9.17, 15) is 0 Å². The Kier molecular flexibility index (Phi) is 7.14. The van der Waals surface area contributed by atoms with Gasteiger partial charge in [0.15, 0.2) is 0 Å². The zero-order chi connectivity index (χ0) is 19.9. The maximum absolute atomic E-state index is 5.50. The van der Waals surface area contributed by atoms with Crippen LogP contribution in [0.3, 0.4) is 0 Å². The van der Waals surface area contributed by atoms with Crippen molar-refractivity contribution in [3.05, 3.63) is 30.2 Å². The lowest BCUT2D eigenvalue weighted by Gasteiger charge is -2.33. The molecule has 7 heteroatoms. The molecule has 1 aromatic heterocycles. The molecule has 2 aromatic rings. The molecule has 3 heterocycles. The summed E-state index contributed by atoms with van der Waals surface area (Å²) in [6.07, 6.45) is 3.81. The number of rotatable bonds is 8. The van der Waals surface area contributed by atoms with Gasteiger partial charge in [0.05, 0.1) is 26.4 Å². The summed E-state index contributed by atoms with van der Waals surface area (Å²) < 4.78 is 16.4. The molecule has 0 saturated carbocycles. The largest absolute Gasteiger partial charge is 0.494 e. The van der Waals surface area contributed by atoms with Crippen molar-refractivity contribution < 1.29 is 14.0 Å².